The fourth-order valence-corrected chi connectivity index (χ4v) is 3.15. The van der Waals surface area contributed by atoms with Gasteiger partial charge in [0, 0.05) is 6.04 Å². The molecule has 2 fully saturated rings. The van der Waals surface area contributed by atoms with Crippen LogP contribution in [0.4, 0.5) is 0 Å². The highest BCUT2D eigenvalue weighted by atomic mass is 16.2. The van der Waals surface area contributed by atoms with Gasteiger partial charge in [-0.3, -0.25) is 15.1 Å². The van der Waals surface area contributed by atoms with E-state index in [1.165, 1.54) is 38.5 Å². The second kappa shape index (κ2) is 4.94. The molecular weight excluding hydrogens is 190 g/mol. The Morgan fingerprint density at radius 1 is 1.27 bits per heavy atom. The summed E-state index contributed by atoms with van der Waals surface area (Å²) in [5.74, 6) is 5.91. The average Bonchev–Trinajstić information content (AvgIpc) is 2.29. The third kappa shape index (κ3) is 2.49. The number of nitrogens with one attached hydrogen (secondary N) is 1. The molecule has 0 aromatic rings. The Labute approximate surface area is 91.2 Å². The van der Waals surface area contributed by atoms with E-state index in [0.717, 1.165) is 12.5 Å². The molecule has 2 atom stereocenters. The normalized spacial score (nSPS) is 32.1. The van der Waals surface area contributed by atoms with Crippen LogP contribution in [0.25, 0.3) is 0 Å². The minimum absolute atomic E-state index is 0.0544. The van der Waals surface area contributed by atoms with Gasteiger partial charge in [-0.15, -0.1) is 0 Å². The summed E-state index contributed by atoms with van der Waals surface area (Å²) in [7, 11) is 0. The first kappa shape index (κ1) is 10.9. The molecule has 4 heteroatoms. The van der Waals surface area contributed by atoms with Crippen LogP contribution in [0.3, 0.4) is 0 Å². The topological polar surface area (TPSA) is 58.4 Å². The number of hydrazine groups is 1. The number of rotatable bonds is 2. The maximum atomic E-state index is 11.3. The molecule has 0 bridgehead atoms. The predicted molar refractivity (Wildman–Crippen MR) is 58.9 cm³/mol. The number of carbonyl (C=O) groups is 1. The second-order valence-corrected chi connectivity index (χ2v) is 4.79. The Hall–Kier alpha value is -0.610. The van der Waals surface area contributed by atoms with Crippen molar-refractivity contribution < 1.29 is 4.79 Å². The first-order chi connectivity index (χ1) is 7.31. The molecule has 1 aliphatic carbocycles. The zero-order valence-electron chi connectivity index (χ0n) is 9.24. The lowest BCUT2D eigenvalue weighted by molar-refractivity contribution is -0.124. The number of piperidine rings is 1. The summed E-state index contributed by atoms with van der Waals surface area (Å²) in [6, 6.07) is 0.643. The van der Waals surface area contributed by atoms with Crippen LogP contribution in [-0.4, -0.2) is 29.9 Å². The highest BCUT2D eigenvalue weighted by Crippen LogP contribution is 2.34. The first-order valence-corrected chi connectivity index (χ1v) is 6.05. The lowest BCUT2D eigenvalue weighted by atomic mass is 9.78. The van der Waals surface area contributed by atoms with Gasteiger partial charge in [-0.25, -0.2) is 5.84 Å². The van der Waals surface area contributed by atoms with Gasteiger partial charge in [0.15, 0.2) is 0 Å². The summed E-state index contributed by atoms with van der Waals surface area (Å²) < 4.78 is 0. The van der Waals surface area contributed by atoms with Gasteiger partial charge >= 0.3 is 0 Å². The molecule has 0 aromatic carbocycles. The van der Waals surface area contributed by atoms with E-state index in [1.54, 1.807) is 0 Å². The van der Waals surface area contributed by atoms with E-state index in [-0.39, 0.29) is 5.91 Å². The molecule has 0 aromatic heterocycles. The molecule has 1 saturated carbocycles. The molecule has 2 aliphatic rings. The van der Waals surface area contributed by atoms with Crippen LogP contribution < -0.4 is 11.3 Å². The van der Waals surface area contributed by atoms with E-state index in [4.69, 9.17) is 5.84 Å². The molecule has 1 aliphatic heterocycles. The van der Waals surface area contributed by atoms with Gasteiger partial charge < -0.3 is 0 Å². The van der Waals surface area contributed by atoms with Crippen molar-refractivity contribution in [1.82, 2.24) is 10.3 Å². The SMILES string of the molecule is NNC(=O)CN1CCC[C@H]2CCCC[C@H]21. The largest absolute Gasteiger partial charge is 0.293 e. The third-order valence-corrected chi connectivity index (χ3v) is 3.87. The molecule has 1 saturated heterocycles. The Morgan fingerprint density at radius 2 is 2.00 bits per heavy atom. The number of likely N-dealkylation sites (tertiary alicyclic amines) is 1. The van der Waals surface area contributed by atoms with Crippen LogP contribution in [0, 0.1) is 5.92 Å². The van der Waals surface area contributed by atoms with Gasteiger partial charge in [-0.1, -0.05) is 12.8 Å². The lowest BCUT2D eigenvalue weighted by Crippen LogP contribution is -2.51. The Bertz CT molecular complexity index is 230. The quantitative estimate of drug-likeness (QED) is 0.400. The number of nitrogens with two attached hydrogens (primary N) is 1. The number of hydrogen-bond donors (Lipinski definition) is 2. The summed E-state index contributed by atoms with van der Waals surface area (Å²) in [6.07, 6.45) is 7.90. The van der Waals surface area contributed by atoms with Crippen LogP contribution >= 0.6 is 0 Å². The first-order valence-electron chi connectivity index (χ1n) is 6.05. The van der Waals surface area contributed by atoms with Crippen LogP contribution in [0.2, 0.25) is 0 Å². The summed E-state index contributed by atoms with van der Waals surface area (Å²) in [6.45, 7) is 1.55. The number of nitrogens with zero attached hydrogens (tertiary/aromatic N) is 1. The van der Waals surface area contributed by atoms with Crippen molar-refractivity contribution in [3.8, 4) is 0 Å². The standard InChI is InChI=1S/C11H21N3O/c12-13-11(15)8-14-7-3-5-9-4-1-2-6-10(9)14/h9-10H,1-8,12H2,(H,13,15)/t9-,10-/m1/s1. The fourth-order valence-electron chi connectivity index (χ4n) is 3.15. The van der Waals surface area contributed by atoms with Gasteiger partial charge in [0.25, 0.3) is 0 Å². The number of carbonyl (C=O) groups excluding carboxylic acids is 1. The predicted octanol–water partition coefficient (Wildman–Crippen LogP) is 0.631. The van der Waals surface area contributed by atoms with E-state index in [9.17, 15) is 4.79 Å². The van der Waals surface area contributed by atoms with Gasteiger partial charge in [-0.2, -0.15) is 0 Å². The molecule has 86 valence electrons. The van der Waals surface area contributed by atoms with Crippen molar-refractivity contribution in [2.24, 2.45) is 11.8 Å². The maximum Gasteiger partial charge on any atom is 0.248 e. The smallest absolute Gasteiger partial charge is 0.248 e. The molecule has 0 unspecified atom stereocenters. The van der Waals surface area contributed by atoms with Gasteiger partial charge in [0.1, 0.15) is 0 Å². The highest BCUT2D eigenvalue weighted by Gasteiger charge is 2.33. The number of hydrogen-bond acceptors (Lipinski definition) is 3. The molecule has 1 amide bonds. The maximum absolute atomic E-state index is 11.3. The zero-order valence-corrected chi connectivity index (χ0v) is 9.24. The van der Waals surface area contributed by atoms with E-state index < -0.39 is 0 Å². The summed E-state index contributed by atoms with van der Waals surface area (Å²) >= 11 is 0. The molecule has 4 nitrogen and oxygen atoms in total. The molecule has 0 spiro atoms. The van der Waals surface area contributed by atoms with E-state index in [0.29, 0.717) is 12.6 Å². The molecule has 1 heterocycles. The Balaban J connectivity index is 1.94. The van der Waals surface area contributed by atoms with Crippen molar-refractivity contribution in [2.45, 2.75) is 44.6 Å². The van der Waals surface area contributed by atoms with Crippen LogP contribution in [0.15, 0.2) is 0 Å². The van der Waals surface area contributed by atoms with Crippen molar-refractivity contribution in [3.63, 3.8) is 0 Å². The van der Waals surface area contributed by atoms with Gasteiger partial charge in [0.05, 0.1) is 6.54 Å². The zero-order chi connectivity index (χ0) is 10.7. The molecule has 2 rings (SSSR count). The fraction of sp³-hybridized carbons (Fsp3) is 0.909. The third-order valence-electron chi connectivity index (χ3n) is 3.87. The van der Waals surface area contributed by atoms with E-state index in [2.05, 4.69) is 10.3 Å². The van der Waals surface area contributed by atoms with Crippen LogP contribution in [0.5, 0.6) is 0 Å². The Kier molecular flexibility index (Phi) is 3.59. The van der Waals surface area contributed by atoms with Crippen molar-refractivity contribution >= 4 is 5.91 Å². The van der Waals surface area contributed by atoms with Gasteiger partial charge in [0.2, 0.25) is 5.91 Å². The molecular formula is C11H21N3O. The average molecular weight is 211 g/mol. The van der Waals surface area contributed by atoms with E-state index in [1.807, 2.05) is 0 Å². The Morgan fingerprint density at radius 3 is 2.80 bits per heavy atom. The van der Waals surface area contributed by atoms with Crippen molar-refractivity contribution in [1.29, 1.82) is 0 Å². The minimum atomic E-state index is -0.0544. The highest BCUT2D eigenvalue weighted by molar-refractivity contribution is 5.77. The summed E-state index contributed by atoms with van der Waals surface area (Å²) in [5, 5.41) is 0. The van der Waals surface area contributed by atoms with Crippen molar-refractivity contribution in [2.75, 3.05) is 13.1 Å². The van der Waals surface area contributed by atoms with Crippen molar-refractivity contribution in [3.05, 3.63) is 0 Å². The van der Waals surface area contributed by atoms with Crippen LogP contribution in [-0.2, 0) is 4.79 Å². The summed E-state index contributed by atoms with van der Waals surface area (Å²) in [4.78, 5) is 13.6. The van der Waals surface area contributed by atoms with Gasteiger partial charge in [-0.05, 0) is 38.1 Å². The minimum Gasteiger partial charge on any atom is -0.293 e. The van der Waals surface area contributed by atoms with Crippen LogP contribution in [0.1, 0.15) is 38.5 Å². The lowest BCUT2D eigenvalue weighted by Gasteiger charge is -2.43. The monoisotopic (exact) mass is 211 g/mol. The molecule has 3 N–H and O–H groups in total. The molecule has 0 radical (unpaired) electrons. The number of fused-ring (bicyclic) bond motifs is 1. The number of amides is 1. The van der Waals surface area contributed by atoms with E-state index >= 15 is 0 Å². The second-order valence-electron chi connectivity index (χ2n) is 4.79. The molecule has 15 heavy (non-hydrogen) atoms. The summed E-state index contributed by atoms with van der Waals surface area (Å²) in [5.41, 5.74) is 2.23.